The Kier molecular flexibility index (Phi) is 4.93. The second-order valence-electron chi connectivity index (χ2n) is 5.73. The lowest BCUT2D eigenvalue weighted by molar-refractivity contribution is 0.0526. The predicted molar refractivity (Wildman–Crippen MR) is 96.8 cm³/mol. The van der Waals surface area contributed by atoms with Crippen molar-refractivity contribution in [1.29, 1.82) is 0 Å². The molecule has 3 aromatic rings. The molecule has 0 saturated heterocycles. The zero-order valence-corrected chi connectivity index (χ0v) is 14.4. The molecular weight excluding hydrogens is 335 g/mol. The van der Waals surface area contributed by atoms with E-state index in [0.717, 1.165) is 0 Å². The molecule has 2 aromatic carbocycles. The number of nitrogens with zero attached hydrogens (tertiary/aromatic N) is 1. The summed E-state index contributed by atoms with van der Waals surface area (Å²) in [7, 11) is 0. The average molecular weight is 352 g/mol. The van der Waals surface area contributed by atoms with Crippen molar-refractivity contribution < 1.29 is 18.7 Å². The van der Waals surface area contributed by atoms with Crippen molar-refractivity contribution in [3.63, 3.8) is 0 Å². The number of hydrogen-bond acceptors (Lipinski definition) is 4. The van der Waals surface area contributed by atoms with Gasteiger partial charge >= 0.3 is 5.97 Å². The number of carbonyl (C=O) groups excluding carboxylic acids is 2. The van der Waals surface area contributed by atoms with E-state index in [4.69, 9.17) is 4.74 Å². The molecule has 0 radical (unpaired) electrons. The number of halogens is 1. The standard InChI is InChI=1S/C20H17FN2O3/c1-3-26-20(25)13-5-4-6-15(10-13)23-19(24)17-9-12(2)22-18-8-7-14(21)11-16(17)18/h4-11H,3H2,1-2H3,(H,23,24). The highest BCUT2D eigenvalue weighted by Crippen LogP contribution is 2.21. The number of benzene rings is 2. The Morgan fingerprint density at radius 1 is 1.15 bits per heavy atom. The minimum atomic E-state index is -0.462. The summed E-state index contributed by atoms with van der Waals surface area (Å²) in [5.74, 6) is -1.32. The first-order valence-corrected chi connectivity index (χ1v) is 8.13. The quantitative estimate of drug-likeness (QED) is 0.718. The molecule has 132 valence electrons. The van der Waals surface area contributed by atoms with Crippen molar-refractivity contribution in [2.75, 3.05) is 11.9 Å². The zero-order chi connectivity index (χ0) is 18.7. The highest BCUT2D eigenvalue weighted by atomic mass is 19.1. The van der Waals surface area contributed by atoms with Gasteiger partial charge in [0.15, 0.2) is 0 Å². The van der Waals surface area contributed by atoms with E-state index in [0.29, 0.717) is 33.4 Å². The number of nitrogens with one attached hydrogen (secondary N) is 1. The number of esters is 1. The van der Waals surface area contributed by atoms with Gasteiger partial charge in [0.1, 0.15) is 5.82 Å². The average Bonchev–Trinajstić information content (AvgIpc) is 2.62. The fourth-order valence-electron chi connectivity index (χ4n) is 2.66. The Morgan fingerprint density at radius 3 is 2.73 bits per heavy atom. The van der Waals surface area contributed by atoms with Gasteiger partial charge in [0.2, 0.25) is 0 Å². The van der Waals surface area contributed by atoms with Crippen molar-refractivity contribution in [1.82, 2.24) is 4.98 Å². The lowest BCUT2D eigenvalue weighted by atomic mass is 10.1. The van der Waals surface area contributed by atoms with Crippen molar-refractivity contribution in [2.24, 2.45) is 0 Å². The van der Waals surface area contributed by atoms with Crippen LogP contribution in [0, 0.1) is 12.7 Å². The lowest BCUT2D eigenvalue weighted by Crippen LogP contribution is -2.14. The van der Waals surface area contributed by atoms with E-state index in [1.54, 1.807) is 38.1 Å². The summed E-state index contributed by atoms with van der Waals surface area (Å²) in [6.45, 7) is 3.75. The van der Waals surface area contributed by atoms with Crippen molar-refractivity contribution in [2.45, 2.75) is 13.8 Å². The molecule has 0 unspecified atom stereocenters. The highest BCUT2D eigenvalue weighted by Gasteiger charge is 2.14. The Hall–Kier alpha value is -3.28. The number of amides is 1. The molecule has 0 saturated carbocycles. The van der Waals surface area contributed by atoms with E-state index in [9.17, 15) is 14.0 Å². The number of aromatic nitrogens is 1. The minimum absolute atomic E-state index is 0.267. The molecule has 0 aliphatic rings. The number of ether oxygens (including phenoxy) is 1. The topological polar surface area (TPSA) is 68.3 Å². The normalized spacial score (nSPS) is 10.6. The van der Waals surface area contributed by atoms with E-state index < -0.39 is 17.7 Å². The van der Waals surface area contributed by atoms with Gasteiger partial charge in [-0.05, 0) is 56.3 Å². The van der Waals surface area contributed by atoms with Crippen LogP contribution in [-0.2, 0) is 4.74 Å². The van der Waals surface area contributed by atoms with Gasteiger partial charge in [-0.1, -0.05) is 6.07 Å². The number of aryl methyl sites for hydroxylation is 1. The fourth-order valence-corrected chi connectivity index (χ4v) is 2.66. The van der Waals surface area contributed by atoms with Gasteiger partial charge < -0.3 is 10.1 Å². The maximum atomic E-state index is 13.6. The van der Waals surface area contributed by atoms with Gasteiger partial charge in [0, 0.05) is 16.8 Å². The first-order valence-electron chi connectivity index (χ1n) is 8.13. The van der Waals surface area contributed by atoms with Crippen LogP contribution < -0.4 is 5.32 Å². The molecule has 0 aliphatic carbocycles. The summed E-state index contributed by atoms with van der Waals surface area (Å²) < 4.78 is 18.6. The van der Waals surface area contributed by atoms with E-state index in [2.05, 4.69) is 10.3 Å². The lowest BCUT2D eigenvalue weighted by Gasteiger charge is -2.10. The third-order valence-electron chi connectivity index (χ3n) is 3.77. The SMILES string of the molecule is CCOC(=O)c1cccc(NC(=O)c2cc(C)nc3ccc(F)cc23)c1. The molecule has 1 aromatic heterocycles. The van der Waals surface area contributed by atoms with Crippen LogP contribution >= 0.6 is 0 Å². The third-order valence-corrected chi connectivity index (χ3v) is 3.77. The first-order chi connectivity index (χ1) is 12.5. The summed E-state index contributed by atoms with van der Waals surface area (Å²) in [6, 6.07) is 12.2. The van der Waals surface area contributed by atoms with Crippen LogP contribution in [0.25, 0.3) is 10.9 Å². The third kappa shape index (κ3) is 3.69. The van der Waals surface area contributed by atoms with Crippen LogP contribution in [0.4, 0.5) is 10.1 Å². The molecule has 0 aliphatic heterocycles. The monoisotopic (exact) mass is 352 g/mol. The van der Waals surface area contributed by atoms with Crippen LogP contribution in [0.5, 0.6) is 0 Å². The maximum Gasteiger partial charge on any atom is 0.338 e. The van der Waals surface area contributed by atoms with Crippen LogP contribution in [0.3, 0.4) is 0 Å². The molecule has 3 rings (SSSR count). The van der Waals surface area contributed by atoms with Crippen LogP contribution in [0.15, 0.2) is 48.5 Å². The Balaban J connectivity index is 1.94. The summed E-state index contributed by atoms with van der Waals surface area (Å²) in [6.07, 6.45) is 0. The Bertz CT molecular complexity index is 1000. The molecule has 0 bridgehead atoms. The Labute approximate surface area is 149 Å². The number of pyridine rings is 1. The number of hydrogen-bond donors (Lipinski definition) is 1. The summed E-state index contributed by atoms with van der Waals surface area (Å²) in [5.41, 5.74) is 2.28. The zero-order valence-electron chi connectivity index (χ0n) is 14.4. The van der Waals surface area contributed by atoms with E-state index in [1.165, 1.54) is 24.3 Å². The van der Waals surface area contributed by atoms with Gasteiger partial charge in [-0.15, -0.1) is 0 Å². The molecular formula is C20H17FN2O3. The fraction of sp³-hybridized carbons (Fsp3) is 0.150. The van der Waals surface area contributed by atoms with Gasteiger partial charge in [0.05, 0.1) is 23.3 Å². The molecule has 1 amide bonds. The smallest absolute Gasteiger partial charge is 0.338 e. The molecule has 0 spiro atoms. The van der Waals surface area contributed by atoms with Crippen LogP contribution in [-0.4, -0.2) is 23.5 Å². The molecule has 5 nitrogen and oxygen atoms in total. The van der Waals surface area contributed by atoms with Gasteiger partial charge in [-0.3, -0.25) is 9.78 Å². The maximum absolute atomic E-state index is 13.6. The number of carbonyl (C=O) groups is 2. The summed E-state index contributed by atoms with van der Waals surface area (Å²) in [4.78, 5) is 28.9. The molecule has 26 heavy (non-hydrogen) atoms. The van der Waals surface area contributed by atoms with Crippen LogP contribution in [0.1, 0.15) is 33.3 Å². The predicted octanol–water partition coefficient (Wildman–Crippen LogP) is 4.11. The van der Waals surface area contributed by atoms with Gasteiger partial charge in [0.25, 0.3) is 5.91 Å². The van der Waals surface area contributed by atoms with E-state index in [1.807, 2.05) is 0 Å². The molecule has 1 heterocycles. The number of fused-ring (bicyclic) bond motifs is 1. The Morgan fingerprint density at radius 2 is 1.96 bits per heavy atom. The van der Waals surface area contributed by atoms with Crippen molar-refractivity contribution in [3.8, 4) is 0 Å². The van der Waals surface area contributed by atoms with E-state index >= 15 is 0 Å². The van der Waals surface area contributed by atoms with Crippen molar-refractivity contribution >= 4 is 28.5 Å². The largest absolute Gasteiger partial charge is 0.462 e. The van der Waals surface area contributed by atoms with E-state index in [-0.39, 0.29) is 6.61 Å². The summed E-state index contributed by atoms with van der Waals surface area (Å²) >= 11 is 0. The second-order valence-corrected chi connectivity index (χ2v) is 5.73. The highest BCUT2D eigenvalue weighted by molar-refractivity contribution is 6.12. The summed E-state index contributed by atoms with van der Waals surface area (Å²) in [5, 5.41) is 3.16. The number of rotatable bonds is 4. The van der Waals surface area contributed by atoms with Gasteiger partial charge in [-0.25, -0.2) is 9.18 Å². The number of anilines is 1. The minimum Gasteiger partial charge on any atom is -0.462 e. The molecule has 6 heteroatoms. The first kappa shape index (κ1) is 17.5. The van der Waals surface area contributed by atoms with Crippen LogP contribution in [0.2, 0.25) is 0 Å². The van der Waals surface area contributed by atoms with Gasteiger partial charge in [-0.2, -0.15) is 0 Å². The molecule has 1 N–H and O–H groups in total. The molecule has 0 atom stereocenters. The second kappa shape index (κ2) is 7.31. The van der Waals surface area contributed by atoms with Crippen molar-refractivity contribution in [3.05, 3.63) is 71.2 Å². The molecule has 0 fully saturated rings.